The van der Waals surface area contributed by atoms with E-state index in [1.165, 1.54) is 43.5 Å². The van der Waals surface area contributed by atoms with Gasteiger partial charge in [0.05, 0.1) is 12.0 Å². The van der Waals surface area contributed by atoms with Crippen molar-refractivity contribution in [2.24, 2.45) is 0 Å². The molecule has 0 amide bonds. The van der Waals surface area contributed by atoms with Crippen molar-refractivity contribution in [1.29, 1.82) is 0 Å². The van der Waals surface area contributed by atoms with E-state index in [4.69, 9.17) is 18.9 Å². The summed E-state index contributed by atoms with van der Waals surface area (Å²) in [5.74, 6) is -0.298. The molecule has 164 valence electrons. The maximum atomic E-state index is 12.0. The van der Waals surface area contributed by atoms with E-state index < -0.39 is 22.5 Å². The van der Waals surface area contributed by atoms with Gasteiger partial charge in [-0.25, -0.2) is 9.59 Å². The summed E-state index contributed by atoms with van der Waals surface area (Å²) in [6.45, 7) is 4.97. The smallest absolute Gasteiger partial charge is 0.344 e. The highest BCUT2D eigenvalue weighted by atomic mass is 16.6. The molecule has 0 N–H and O–H groups in total. The standard InChI is InChI=1S/C22H23NO8/c1-22(2,3)31-21(25)14-29-19-13-15(5-11-18(19)28-4)6-12-20(24)30-17-9-7-16(8-10-17)23(26)27/h5-13H,14H2,1-4H3. The number of nitro groups is 1. The Bertz CT molecular complexity index is 974. The quantitative estimate of drug-likeness (QED) is 0.204. The molecule has 0 aliphatic rings. The zero-order chi connectivity index (χ0) is 23.0. The van der Waals surface area contributed by atoms with E-state index in [1.807, 2.05) is 0 Å². The molecule has 0 unspecified atom stereocenters. The second-order valence-corrected chi connectivity index (χ2v) is 7.29. The van der Waals surface area contributed by atoms with Gasteiger partial charge in [0.1, 0.15) is 11.4 Å². The average molecular weight is 429 g/mol. The Morgan fingerprint density at radius 1 is 1.06 bits per heavy atom. The van der Waals surface area contributed by atoms with Crippen LogP contribution in [0.5, 0.6) is 17.2 Å². The number of non-ortho nitro benzene ring substituents is 1. The molecule has 2 rings (SSSR count). The summed E-state index contributed by atoms with van der Waals surface area (Å²) in [6, 6.07) is 10.1. The van der Waals surface area contributed by atoms with E-state index in [2.05, 4.69) is 0 Å². The largest absolute Gasteiger partial charge is 0.493 e. The molecule has 0 saturated carbocycles. The number of hydrogen-bond acceptors (Lipinski definition) is 8. The van der Waals surface area contributed by atoms with Gasteiger partial charge in [0.2, 0.25) is 0 Å². The number of carbonyl (C=O) groups excluding carboxylic acids is 2. The van der Waals surface area contributed by atoms with Crippen LogP contribution in [0.3, 0.4) is 0 Å². The van der Waals surface area contributed by atoms with Crippen molar-refractivity contribution in [3.05, 3.63) is 64.2 Å². The first-order valence-corrected chi connectivity index (χ1v) is 9.24. The number of esters is 2. The summed E-state index contributed by atoms with van der Waals surface area (Å²) >= 11 is 0. The van der Waals surface area contributed by atoms with Gasteiger partial charge in [-0.05, 0) is 56.7 Å². The van der Waals surface area contributed by atoms with Gasteiger partial charge in [0.15, 0.2) is 18.1 Å². The first-order chi connectivity index (χ1) is 14.6. The van der Waals surface area contributed by atoms with Crippen molar-refractivity contribution in [3.8, 4) is 17.2 Å². The molecule has 0 atom stereocenters. The fourth-order valence-corrected chi connectivity index (χ4v) is 2.37. The highest BCUT2D eigenvalue weighted by molar-refractivity contribution is 5.88. The van der Waals surface area contributed by atoms with Crippen LogP contribution in [0.4, 0.5) is 5.69 Å². The molecule has 0 saturated heterocycles. The highest BCUT2D eigenvalue weighted by Gasteiger charge is 2.17. The van der Waals surface area contributed by atoms with Gasteiger partial charge in [-0.3, -0.25) is 10.1 Å². The fourth-order valence-electron chi connectivity index (χ4n) is 2.37. The molecular weight excluding hydrogens is 406 g/mol. The Labute approximate surface area is 179 Å². The Morgan fingerprint density at radius 3 is 2.32 bits per heavy atom. The zero-order valence-corrected chi connectivity index (χ0v) is 17.6. The third-order valence-electron chi connectivity index (χ3n) is 3.63. The van der Waals surface area contributed by atoms with Gasteiger partial charge in [0, 0.05) is 18.2 Å². The number of hydrogen-bond donors (Lipinski definition) is 0. The fraction of sp³-hybridized carbons (Fsp3) is 0.273. The lowest BCUT2D eigenvalue weighted by molar-refractivity contribution is -0.384. The number of ether oxygens (including phenoxy) is 4. The van der Waals surface area contributed by atoms with Crippen LogP contribution in [0, 0.1) is 10.1 Å². The van der Waals surface area contributed by atoms with E-state index >= 15 is 0 Å². The minimum absolute atomic E-state index is 0.104. The zero-order valence-electron chi connectivity index (χ0n) is 17.6. The molecule has 2 aromatic rings. The van der Waals surface area contributed by atoms with Crippen LogP contribution in [-0.4, -0.2) is 36.2 Å². The molecule has 0 radical (unpaired) electrons. The Kier molecular flexibility index (Phi) is 7.73. The number of carbonyl (C=O) groups is 2. The summed E-state index contributed by atoms with van der Waals surface area (Å²) in [7, 11) is 1.47. The summed E-state index contributed by atoms with van der Waals surface area (Å²) in [5, 5.41) is 10.7. The Hall–Kier alpha value is -3.88. The van der Waals surface area contributed by atoms with Crippen molar-refractivity contribution in [3.63, 3.8) is 0 Å². The van der Waals surface area contributed by atoms with E-state index in [1.54, 1.807) is 39.0 Å². The summed E-state index contributed by atoms with van der Waals surface area (Å²) in [5.41, 5.74) is -0.132. The maximum absolute atomic E-state index is 12.0. The number of methoxy groups -OCH3 is 1. The number of rotatable bonds is 8. The molecule has 9 nitrogen and oxygen atoms in total. The van der Waals surface area contributed by atoms with Crippen LogP contribution < -0.4 is 14.2 Å². The molecule has 0 heterocycles. The van der Waals surface area contributed by atoms with Crippen LogP contribution in [0.15, 0.2) is 48.5 Å². The Morgan fingerprint density at radius 2 is 1.74 bits per heavy atom. The average Bonchev–Trinajstić information content (AvgIpc) is 2.70. The van der Waals surface area contributed by atoms with Gasteiger partial charge in [0.25, 0.3) is 5.69 Å². The summed E-state index contributed by atoms with van der Waals surface area (Å²) in [4.78, 5) is 34.0. The molecule has 0 spiro atoms. The first kappa shape index (κ1) is 23.4. The first-order valence-electron chi connectivity index (χ1n) is 9.24. The van der Waals surface area contributed by atoms with Crippen LogP contribution in [0.2, 0.25) is 0 Å². The molecular formula is C22H23NO8. The van der Waals surface area contributed by atoms with Crippen molar-refractivity contribution in [2.45, 2.75) is 26.4 Å². The topological polar surface area (TPSA) is 114 Å². The molecule has 0 fully saturated rings. The summed E-state index contributed by atoms with van der Waals surface area (Å²) < 4.78 is 21.0. The predicted molar refractivity (Wildman–Crippen MR) is 112 cm³/mol. The predicted octanol–water partition coefficient (Wildman–Crippen LogP) is 3.94. The molecule has 0 bridgehead atoms. The minimum Gasteiger partial charge on any atom is -0.493 e. The Balaban J connectivity index is 2.02. The van der Waals surface area contributed by atoms with Gasteiger partial charge < -0.3 is 18.9 Å². The molecule has 9 heteroatoms. The van der Waals surface area contributed by atoms with Crippen molar-refractivity contribution in [1.82, 2.24) is 0 Å². The van der Waals surface area contributed by atoms with E-state index in [9.17, 15) is 19.7 Å². The van der Waals surface area contributed by atoms with Crippen LogP contribution in [0.25, 0.3) is 6.08 Å². The third kappa shape index (κ3) is 7.81. The van der Waals surface area contributed by atoms with Gasteiger partial charge >= 0.3 is 11.9 Å². The van der Waals surface area contributed by atoms with Crippen LogP contribution in [0.1, 0.15) is 26.3 Å². The van der Waals surface area contributed by atoms with Crippen LogP contribution >= 0.6 is 0 Å². The summed E-state index contributed by atoms with van der Waals surface area (Å²) in [6.07, 6.45) is 2.69. The van der Waals surface area contributed by atoms with E-state index in [0.29, 0.717) is 17.1 Å². The lowest BCUT2D eigenvalue weighted by Crippen LogP contribution is -2.27. The van der Waals surface area contributed by atoms with Gasteiger partial charge in [-0.1, -0.05) is 6.07 Å². The lowest BCUT2D eigenvalue weighted by Gasteiger charge is -2.19. The molecule has 0 aliphatic carbocycles. The normalized spacial score (nSPS) is 11.1. The van der Waals surface area contributed by atoms with Gasteiger partial charge in [-0.2, -0.15) is 0 Å². The highest BCUT2D eigenvalue weighted by Crippen LogP contribution is 2.29. The second-order valence-electron chi connectivity index (χ2n) is 7.29. The SMILES string of the molecule is COc1ccc(C=CC(=O)Oc2ccc([N+](=O)[O-])cc2)cc1OCC(=O)OC(C)(C)C. The number of nitro benzene ring substituents is 1. The third-order valence-corrected chi connectivity index (χ3v) is 3.63. The van der Waals surface area contributed by atoms with Crippen molar-refractivity contribution < 1.29 is 33.5 Å². The lowest BCUT2D eigenvalue weighted by atomic mass is 10.2. The molecule has 31 heavy (non-hydrogen) atoms. The number of benzene rings is 2. The van der Waals surface area contributed by atoms with Crippen molar-refractivity contribution in [2.75, 3.05) is 13.7 Å². The van der Waals surface area contributed by atoms with E-state index in [-0.39, 0.29) is 18.0 Å². The minimum atomic E-state index is -0.666. The maximum Gasteiger partial charge on any atom is 0.344 e. The monoisotopic (exact) mass is 429 g/mol. The molecule has 0 aromatic heterocycles. The molecule has 0 aliphatic heterocycles. The van der Waals surface area contributed by atoms with E-state index in [0.717, 1.165) is 0 Å². The second kappa shape index (κ2) is 10.2. The van der Waals surface area contributed by atoms with Gasteiger partial charge in [-0.15, -0.1) is 0 Å². The van der Waals surface area contributed by atoms with Crippen LogP contribution in [-0.2, 0) is 14.3 Å². The van der Waals surface area contributed by atoms with Crippen molar-refractivity contribution >= 4 is 23.7 Å². The number of nitrogens with zero attached hydrogens (tertiary/aromatic N) is 1. The molecule has 2 aromatic carbocycles.